The highest BCUT2D eigenvalue weighted by molar-refractivity contribution is 7.18. The van der Waals surface area contributed by atoms with Crippen LogP contribution in [0, 0.1) is 5.82 Å². The van der Waals surface area contributed by atoms with Crippen molar-refractivity contribution < 1.29 is 13.9 Å². The second kappa shape index (κ2) is 9.50. The largest absolute Gasteiger partial charge is 0.488 e. The molecule has 4 rings (SSSR count). The van der Waals surface area contributed by atoms with Crippen molar-refractivity contribution in [2.75, 3.05) is 6.61 Å². The van der Waals surface area contributed by atoms with Gasteiger partial charge >= 0.3 is 0 Å². The van der Waals surface area contributed by atoms with E-state index in [0.717, 1.165) is 20.8 Å². The third-order valence-corrected chi connectivity index (χ3v) is 5.78. The number of fused-ring (bicyclic) bond motifs is 1. The van der Waals surface area contributed by atoms with Gasteiger partial charge in [0.25, 0.3) is 0 Å². The van der Waals surface area contributed by atoms with E-state index in [1.807, 2.05) is 54.6 Å². The van der Waals surface area contributed by atoms with E-state index in [4.69, 9.17) is 4.74 Å². The Morgan fingerprint density at radius 2 is 1.73 bits per heavy atom. The fraction of sp³-hybridized carbons (Fsp3) is 0.167. The molecule has 3 aromatic carbocycles. The molecule has 0 bridgehead atoms. The summed E-state index contributed by atoms with van der Waals surface area (Å²) >= 11 is 1.61. The van der Waals surface area contributed by atoms with Crippen LogP contribution in [0.15, 0.2) is 78.9 Å². The molecule has 30 heavy (non-hydrogen) atoms. The van der Waals surface area contributed by atoms with Gasteiger partial charge in [-0.2, -0.15) is 0 Å². The highest BCUT2D eigenvalue weighted by Gasteiger charge is 2.17. The number of rotatable bonds is 8. The lowest BCUT2D eigenvalue weighted by Crippen LogP contribution is -2.32. The number of thiazole rings is 1. The van der Waals surface area contributed by atoms with Crippen molar-refractivity contribution in [3.8, 4) is 5.75 Å². The zero-order valence-corrected chi connectivity index (χ0v) is 17.1. The standard InChI is InChI=1S/C24H21FN2O2S/c25-18-10-4-6-12-21(18)29-16-20(17-8-2-1-3-9-17)26-23(28)14-15-24-27-19-11-5-7-13-22(19)30-24/h1-13,20H,14-16H2,(H,26,28). The monoisotopic (exact) mass is 420 g/mol. The van der Waals surface area contributed by atoms with Gasteiger partial charge in [0.1, 0.15) is 6.61 Å². The molecule has 1 unspecified atom stereocenters. The molecule has 0 aliphatic heterocycles. The summed E-state index contributed by atoms with van der Waals surface area (Å²) in [7, 11) is 0. The molecule has 1 N–H and O–H groups in total. The minimum absolute atomic E-state index is 0.0970. The Balaban J connectivity index is 1.40. The van der Waals surface area contributed by atoms with Gasteiger partial charge in [-0.05, 0) is 29.8 Å². The second-order valence-electron chi connectivity index (χ2n) is 6.85. The van der Waals surface area contributed by atoms with Crippen LogP contribution in [0.4, 0.5) is 4.39 Å². The predicted octanol–water partition coefficient (Wildman–Crippen LogP) is 5.30. The van der Waals surface area contributed by atoms with Crippen molar-refractivity contribution >= 4 is 27.5 Å². The number of nitrogens with one attached hydrogen (secondary N) is 1. The van der Waals surface area contributed by atoms with Crippen LogP contribution in [-0.4, -0.2) is 17.5 Å². The van der Waals surface area contributed by atoms with E-state index < -0.39 is 5.82 Å². The molecule has 1 amide bonds. The van der Waals surface area contributed by atoms with Crippen molar-refractivity contribution in [3.63, 3.8) is 0 Å². The Labute approximate surface area is 178 Å². The van der Waals surface area contributed by atoms with Crippen LogP contribution in [0.5, 0.6) is 5.75 Å². The third-order valence-electron chi connectivity index (χ3n) is 4.68. The summed E-state index contributed by atoms with van der Waals surface area (Å²) < 4.78 is 20.7. The first-order valence-electron chi connectivity index (χ1n) is 9.75. The summed E-state index contributed by atoms with van der Waals surface area (Å²) in [5, 5.41) is 3.95. The SMILES string of the molecule is O=C(CCc1nc2ccccc2s1)NC(COc1ccccc1F)c1ccccc1. The van der Waals surface area contributed by atoms with Crippen molar-refractivity contribution in [2.45, 2.75) is 18.9 Å². The molecule has 1 heterocycles. The maximum absolute atomic E-state index is 13.9. The van der Waals surface area contributed by atoms with Gasteiger partial charge in [-0.25, -0.2) is 9.37 Å². The molecule has 152 valence electrons. The van der Waals surface area contributed by atoms with Crippen LogP contribution in [0.1, 0.15) is 23.0 Å². The van der Waals surface area contributed by atoms with Crippen molar-refractivity contribution in [1.29, 1.82) is 0 Å². The van der Waals surface area contributed by atoms with Gasteiger partial charge in [0, 0.05) is 12.8 Å². The number of aryl methyl sites for hydroxylation is 1. The van der Waals surface area contributed by atoms with Crippen molar-refractivity contribution in [1.82, 2.24) is 10.3 Å². The van der Waals surface area contributed by atoms with Crippen molar-refractivity contribution in [2.24, 2.45) is 0 Å². The third kappa shape index (κ3) is 5.02. The molecule has 1 atom stereocenters. The fourth-order valence-electron chi connectivity index (χ4n) is 3.16. The Kier molecular flexibility index (Phi) is 6.35. The van der Waals surface area contributed by atoms with Crippen molar-refractivity contribution in [3.05, 3.63) is 95.3 Å². The molecular weight excluding hydrogens is 399 g/mol. The number of amides is 1. The molecule has 0 saturated heterocycles. The zero-order chi connectivity index (χ0) is 20.8. The van der Waals surface area contributed by atoms with Crippen LogP contribution in [-0.2, 0) is 11.2 Å². The highest BCUT2D eigenvalue weighted by Crippen LogP contribution is 2.23. The van der Waals surface area contributed by atoms with Gasteiger partial charge in [0.05, 0.1) is 21.3 Å². The van der Waals surface area contributed by atoms with Gasteiger partial charge in [0.2, 0.25) is 5.91 Å². The van der Waals surface area contributed by atoms with E-state index in [-0.39, 0.29) is 24.3 Å². The number of benzene rings is 3. The quantitative estimate of drug-likeness (QED) is 0.421. The molecule has 1 aromatic heterocycles. The molecule has 0 aliphatic carbocycles. The molecule has 4 nitrogen and oxygen atoms in total. The molecular formula is C24H21FN2O2S. The number of halogens is 1. The molecule has 0 spiro atoms. The zero-order valence-electron chi connectivity index (χ0n) is 16.3. The Morgan fingerprint density at radius 3 is 2.53 bits per heavy atom. The Bertz CT molecular complexity index is 1100. The number of hydrogen-bond donors (Lipinski definition) is 1. The predicted molar refractivity (Wildman–Crippen MR) is 117 cm³/mol. The summed E-state index contributed by atoms with van der Waals surface area (Å²) in [6, 6.07) is 23.4. The first-order chi connectivity index (χ1) is 14.7. The molecule has 0 fully saturated rings. The van der Waals surface area contributed by atoms with E-state index >= 15 is 0 Å². The number of carbonyl (C=O) groups excluding carboxylic acids is 1. The number of ether oxygens (including phenoxy) is 1. The Hall–Kier alpha value is -3.25. The summed E-state index contributed by atoms with van der Waals surface area (Å²) in [6.07, 6.45) is 0.893. The van der Waals surface area contributed by atoms with Gasteiger partial charge in [-0.15, -0.1) is 11.3 Å². The fourth-order valence-corrected chi connectivity index (χ4v) is 4.12. The van der Waals surface area contributed by atoms with E-state index in [9.17, 15) is 9.18 Å². The molecule has 4 aromatic rings. The normalized spacial score (nSPS) is 11.9. The lowest BCUT2D eigenvalue weighted by atomic mass is 10.1. The maximum atomic E-state index is 13.9. The number of hydrogen-bond acceptors (Lipinski definition) is 4. The van der Waals surface area contributed by atoms with Gasteiger partial charge in [0.15, 0.2) is 11.6 Å². The van der Waals surface area contributed by atoms with Crippen LogP contribution in [0.25, 0.3) is 10.2 Å². The van der Waals surface area contributed by atoms with Crippen LogP contribution >= 0.6 is 11.3 Å². The minimum atomic E-state index is -0.425. The second-order valence-corrected chi connectivity index (χ2v) is 7.96. The number of aromatic nitrogens is 1. The molecule has 0 radical (unpaired) electrons. The lowest BCUT2D eigenvalue weighted by molar-refractivity contribution is -0.122. The van der Waals surface area contributed by atoms with Gasteiger partial charge in [-0.1, -0.05) is 54.6 Å². The van der Waals surface area contributed by atoms with E-state index in [2.05, 4.69) is 10.3 Å². The Morgan fingerprint density at radius 1 is 1.00 bits per heavy atom. The number of nitrogens with zero attached hydrogens (tertiary/aromatic N) is 1. The maximum Gasteiger partial charge on any atom is 0.221 e. The summed E-state index contributed by atoms with van der Waals surface area (Å²) in [5.41, 5.74) is 1.86. The smallest absolute Gasteiger partial charge is 0.221 e. The lowest BCUT2D eigenvalue weighted by Gasteiger charge is -2.20. The molecule has 0 saturated carbocycles. The number of para-hydroxylation sites is 2. The van der Waals surface area contributed by atoms with Gasteiger partial charge in [-0.3, -0.25) is 4.79 Å². The van der Waals surface area contributed by atoms with E-state index in [0.29, 0.717) is 12.8 Å². The minimum Gasteiger partial charge on any atom is -0.488 e. The first kappa shape index (κ1) is 20.0. The summed E-state index contributed by atoms with van der Waals surface area (Å²) in [6.45, 7) is 0.137. The van der Waals surface area contributed by atoms with E-state index in [1.54, 1.807) is 29.5 Å². The van der Waals surface area contributed by atoms with E-state index in [1.165, 1.54) is 6.07 Å². The number of carbonyl (C=O) groups is 1. The first-order valence-corrected chi connectivity index (χ1v) is 10.6. The summed E-state index contributed by atoms with van der Waals surface area (Å²) in [4.78, 5) is 17.2. The topological polar surface area (TPSA) is 51.2 Å². The average Bonchev–Trinajstić information content (AvgIpc) is 3.20. The summed E-state index contributed by atoms with van der Waals surface area (Å²) in [5.74, 6) is -0.353. The molecule has 6 heteroatoms. The van der Waals surface area contributed by atoms with Crippen LogP contribution < -0.4 is 10.1 Å². The highest BCUT2D eigenvalue weighted by atomic mass is 32.1. The molecule has 0 aliphatic rings. The van der Waals surface area contributed by atoms with Gasteiger partial charge < -0.3 is 10.1 Å². The average molecular weight is 421 g/mol. The van der Waals surface area contributed by atoms with Crippen LogP contribution in [0.3, 0.4) is 0 Å². The van der Waals surface area contributed by atoms with Crippen LogP contribution in [0.2, 0.25) is 0 Å².